The molecule has 3 N–H and O–H groups in total. The third kappa shape index (κ3) is 3.32. The fourth-order valence-corrected chi connectivity index (χ4v) is 3.10. The van der Waals surface area contributed by atoms with Crippen molar-refractivity contribution in [3.8, 4) is 0 Å². The van der Waals surface area contributed by atoms with Crippen molar-refractivity contribution in [2.75, 3.05) is 17.1 Å². The number of carbonyl (C=O) groups is 1. The van der Waals surface area contributed by atoms with E-state index in [9.17, 15) is 13.2 Å². The van der Waals surface area contributed by atoms with Crippen LogP contribution in [0.4, 0.5) is 11.4 Å². The van der Waals surface area contributed by atoms with Crippen LogP contribution >= 0.6 is 0 Å². The Balaban J connectivity index is 2.48. The van der Waals surface area contributed by atoms with Crippen molar-refractivity contribution < 1.29 is 18.3 Å². The molecular weight excluding hydrogens is 292 g/mol. The van der Waals surface area contributed by atoms with E-state index in [1.54, 1.807) is 37.4 Å². The highest BCUT2D eigenvalue weighted by Crippen LogP contribution is 2.25. The molecule has 0 radical (unpaired) electrons. The van der Waals surface area contributed by atoms with Crippen LogP contribution in [0.2, 0.25) is 0 Å². The summed E-state index contributed by atoms with van der Waals surface area (Å²) in [5.41, 5.74) is 0.631. The number of hydrogen-bond acceptors (Lipinski definition) is 4. The summed E-state index contributed by atoms with van der Waals surface area (Å²) in [6.45, 7) is 0. The largest absolute Gasteiger partial charge is 0.478 e. The second kappa shape index (κ2) is 5.84. The van der Waals surface area contributed by atoms with E-state index in [2.05, 4.69) is 10.0 Å². The molecule has 0 bridgehead atoms. The van der Waals surface area contributed by atoms with Gasteiger partial charge in [-0.15, -0.1) is 0 Å². The number of sulfonamides is 1. The molecule has 0 fully saturated rings. The minimum atomic E-state index is -3.89. The van der Waals surface area contributed by atoms with Crippen LogP contribution < -0.4 is 10.0 Å². The molecule has 0 unspecified atom stereocenters. The molecular formula is C14H14N2O4S. The fraction of sp³-hybridized carbons (Fsp3) is 0.0714. The lowest BCUT2D eigenvalue weighted by Gasteiger charge is -2.12. The van der Waals surface area contributed by atoms with E-state index < -0.39 is 16.0 Å². The first-order valence-corrected chi connectivity index (χ1v) is 7.55. The van der Waals surface area contributed by atoms with Gasteiger partial charge in [-0.3, -0.25) is 4.72 Å². The Morgan fingerprint density at radius 1 is 1.10 bits per heavy atom. The van der Waals surface area contributed by atoms with Gasteiger partial charge in [-0.05, 0) is 30.3 Å². The zero-order valence-corrected chi connectivity index (χ0v) is 12.0. The van der Waals surface area contributed by atoms with Gasteiger partial charge >= 0.3 is 5.97 Å². The summed E-state index contributed by atoms with van der Waals surface area (Å²) in [7, 11) is -2.32. The lowest BCUT2D eigenvalue weighted by atomic mass is 10.2. The summed E-state index contributed by atoms with van der Waals surface area (Å²) in [6.07, 6.45) is 0. The number of benzene rings is 2. The highest BCUT2D eigenvalue weighted by Gasteiger charge is 2.20. The Labute approximate surface area is 122 Å². The third-order valence-electron chi connectivity index (χ3n) is 2.81. The molecule has 0 saturated carbocycles. The highest BCUT2D eigenvalue weighted by atomic mass is 32.2. The van der Waals surface area contributed by atoms with E-state index in [1.165, 1.54) is 12.1 Å². The molecule has 2 aromatic carbocycles. The summed E-state index contributed by atoms with van der Waals surface area (Å²) >= 11 is 0. The molecule has 2 aromatic rings. The third-order valence-corrected chi connectivity index (χ3v) is 4.23. The van der Waals surface area contributed by atoms with Gasteiger partial charge in [0.25, 0.3) is 10.0 Å². The Morgan fingerprint density at radius 2 is 1.76 bits per heavy atom. The van der Waals surface area contributed by atoms with Crippen molar-refractivity contribution in [1.82, 2.24) is 0 Å². The lowest BCUT2D eigenvalue weighted by Crippen LogP contribution is -2.15. The molecule has 21 heavy (non-hydrogen) atoms. The van der Waals surface area contributed by atoms with Gasteiger partial charge in [-0.1, -0.05) is 18.2 Å². The zero-order chi connectivity index (χ0) is 15.5. The van der Waals surface area contributed by atoms with Crippen LogP contribution in [0.15, 0.2) is 53.4 Å². The van der Waals surface area contributed by atoms with E-state index in [4.69, 9.17) is 5.11 Å². The molecule has 2 rings (SSSR count). The van der Waals surface area contributed by atoms with Crippen LogP contribution in [0.1, 0.15) is 10.4 Å². The van der Waals surface area contributed by atoms with Crippen LogP contribution in [-0.4, -0.2) is 26.5 Å². The molecule has 0 saturated heterocycles. The highest BCUT2D eigenvalue weighted by molar-refractivity contribution is 7.92. The average molecular weight is 306 g/mol. The standard InChI is InChI=1S/C14H14N2O4S/c1-15-12-8-7-10(14(17)18)9-13(12)21(19,20)16-11-5-3-2-4-6-11/h2-9,15-16H,1H3,(H,17,18). The average Bonchev–Trinajstić information content (AvgIpc) is 2.47. The molecule has 110 valence electrons. The maximum Gasteiger partial charge on any atom is 0.335 e. The Kier molecular flexibility index (Phi) is 4.13. The summed E-state index contributed by atoms with van der Waals surface area (Å²) in [5.74, 6) is -1.19. The summed E-state index contributed by atoms with van der Waals surface area (Å²) in [6, 6.07) is 12.3. The Morgan fingerprint density at radius 3 is 2.33 bits per heavy atom. The first-order chi connectivity index (χ1) is 9.94. The quantitative estimate of drug-likeness (QED) is 0.787. The van der Waals surface area contributed by atoms with Gasteiger partial charge in [0.1, 0.15) is 4.90 Å². The van der Waals surface area contributed by atoms with Crippen LogP contribution in [0.5, 0.6) is 0 Å². The van der Waals surface area contributed by atoms with E-state index >= 15 is 0 Å². The van der Waals surface area contributed by atoms with Crippen molar-refractivity contribution in [1.29, 1.82) is 0 Å². The molecule has 0 aliphatic rings. The predicted octanol–water partition coefficient (Wildman–Crippen LogP) is 2.23. The van der Waals surface area contributed by atoms with Gasteiger partial charge in [0, 0.05) is 12.7 Å². The summed E-state index contributed by atoms with van der Waals surface area (Å²) in [5, 5.41) is 11.7. The van der Waals surface area contributed by atoms with Gasteiger partial charge in [-0.25, -0.2) is 13.2 Å². The van der Waals surface area contributed by atoms with Gasteiger partial charge in [0.15, 0.2) is 0 Å². The molecule has 0 spiro atoms. The number of carboxylic acid groups (broad SMARTS) is 1. The van der Waals surface area contributed by atoms with Gasteiger partial charge < -0.3 is 10.4 Å². The zero-order valence-electron chi connectivity index (χ0n) is 11.2. The van der Waals surface area contributed by atoms with Gasteiger partial charge in [0.2, 0.25) is 0 Å². The summed E-state index contributed by atoms with van der Waals surface area (Å²) in [4.78, 5) is 10.9. The molecule has 0 aromatic heterocycles. The topological polar surface area (TPSA) is 95.5 Å². The van der Waals surface area contributed by atoms with Crippen molar-refractivity contribution in [3.63, 3.8) is 0 Å². The number of nitrogens with one attached hydrogen (secondary N) is 2. The molecule has 7 heteroatoms. The SMILES string of the molecule is CNc1ccc(C(=O)O)cc1S(=O)(=O)Nc1ccccc1. The normalized spacial score (nSPS) is 10.9. The van der Waals surface area contributed by atoms with Gasteiger partial charge in [-0.2, -0.15) is 0 Å². The van der Waals surface area contributed by atoms with Crippen LogP contribution in [0.3, 0.4) is 0 Å². The maximum absolute atomic E-state index is 12.4. The minimum Gasteiger partial charge on any atom is -0.478 e. The molecule has 0 aliphatic carbocycles. The van der Waals surface area contributed by atoms with Crippen LogP contribution in [0.25, 0.3) is 0 Å². The van der Waals surface area contributed by atoms with Crippen molar-refractivity contribution >= 4 is 27.4 Å². The second-order valence-corrected chi connectivity index (χ2v) is 5.89. The number of aromatic carboxylic acids is 1. The molecule has 0 aliphatic heterocycles. The van der Waals surface area contributed by atoms with E-state index in [0.717, 1.165) is 6.07 Å². The van der Waals surface area contributed by atoms with Crippen LogP contribution in [0, 0.1) is 0 Å². The van der Waals surface area contributed by atoms with Gasteiger partial charge in [0.05, 0.1) is 11.3 Å². The second-order valence-electron chi connectivity index (χ2n) is 4.24. The fourth-order valence-electron chi connectivity index (χ4n) is 1.80. The molecule has 6 nitrogen and oxygen atoms in total. The van der Waals surface area contributed by atoms with E-state index in [-0.39, 0.29) is 10.5 Å². The monoisotopic (exact) mass is 306 g/mol. The molecule has 0 heterocycles. The maximum atomic E-state index is 12.4. The Hall–Kier alpha value is -2.54. The van der Waals surface area contributed by atoms with Crippen molar-refractivity contribution in [2.24, 2.45) is 0 Å². The number of hydrogen-bond donors (Lipinski definition) is 3. The predicted molar refractivity (Wildman–Crippen MR) is 80.2 cm³/mol. The van der Waals surface area contributed by atoms with Crippen molar-refractivity contribution in [2.45, 2.75) is 4.90 Å². The van der Waals surface area contributed by atoms with E-state index in [1.807, 2.05) is 0 Å². The number of carboxylic acids is 1. The van der Waals surface area contributed by atoms with E-state index in [0.29, 0.717) is 11.4 Å². The number of anilines is 2. The minimum absolute atomic E-state index is 0.0950. The van der Waals surface area contributed by atoms with Crippen LogP contribution in [-0.2, 0) is 10.0 Å². The number of rotatable bonds is 5. The lowest BCUT2D eigenvalue weighted by molar-refractivity contribution is 0.0696. The Bertz CT molecular complexity index is 758. The van der Waals surface area contributed by atoms with Crippen molar-refractivity contribution in [3.05, 3.63) is 54.1 Å². The molecule has 0 atom stereocenters. The first-order valence-electron chi connectivity index (χ1n) is 6.07. The molecule has 0 amide bonds. The number of para-hydroxylation sites is 1. The summed E-state index contributed by atoms with van der Waals surface area (Å²) < 4.78 is 27.2. The smallest absolute Gasteiger partial charge is 0.335 e. The first kappa shape index (κ1) is 14.9.